The van der Waals surface area contributed by atoms with E-state index in [0.717, 1.165) is 16.7 Å². The monoisotopic (exact) mass is 275 g/mol. The molecule has 0 aliphatic carbocycles. The van der Waals surface area contributed by atoms with Crippen LogP contribution in [0.15, 0.2) is 36.4 Å². The van der Waals surface area contributed by atoms with Crippen LogP contribution in [0, 0.1) is 12.7 Å². The molecular formula is C16H18FNO2. The van der Waals surface area contributed by atoms with Gasteiger partial charge in [-0.1, -0.05) is 12.1 Å². The molecule has 0 aliphatic rings. The standard InChI is InChI=1S/C16H18FNO2/c1-10-8-14(19-2)15(20-3)9-13(10)16(18)11-4-6-12(17)7-5-11/h4-9,16H,18H2,1-3H3. The number of benzene rings is 2. The minimum atomic E-state index is -0.338. The summed E-state index contributed by atoms with van der Waals surface area (Å²) in [4.78, 5) is 0. The lowest BCUT2D eigenvalue weighted by molar-refractivity contribution is 0.354. The third kappa shape index (κ3) is 2.75. The Morgan fingerprint density at radius 2 is 1.55 bits per heavy atom. The molecule has 106 valence electrons. The highest BCUT2D eigenvalue weighted by Gasteiger charge is 2.15. The number of hydrogen-bond donors (Lipinski definition) is 1. The second-order valence-electron chi connectivity index (χ2n) is 4.59. The molecule has 0 aliphatic heterocycles. The van der Waals surface area contributed by atoms with Crippen molar-refractivity contribution in [2.75, 3.05) is 14.2 Å². The van der Waals surface area contributed by atoms with E-state index in [2.05, 4.69) is 0 Å². The van der Waals surface area contributed by atoms with Crippen molar-refractivity contribution >= 4 is 0 Å². The van der Waals surface area contributed by atoms with E-state index in [1.807, 2.05) is 19.1 Å². The molecule has 20 heavy (non-hydrogen) atoms. The Balaban J connectivity index is 2.43. The summed E-state index contributed by atoms with van der Waals surface area (Å²) in [6.45, 7) is 1.96. The summed E-state index contributed by atoms with van der Waals surface area (Å²) < 4.78 is 23.5. The molecule has 0 fully saturated rings. The van der Waals surface area contributed by atoms with Gasteiger partial charge in [0, 0.05) is 0 Å². The maximum atomic E-state index is 13.0. The zero-order chi connectivity index (χ0) is 14.7. The molecule has 0 spiro atoms. The van der Waals surface area contributed by atoms with Crippen LogP contribution in [0.2, 0.25) is 0 Å². The summed E-state index contributed by atoms with van der Waals surface area (Å²) in [6, 6.07) is 9.61. The molecule has 4 heteroatoms. The van der Waals surface area contributed by atoms with Gasteiger partial charge in [-0.15, -0.1) is 0 Å². The van der Waals surface area contributed by atoms with Crippen LogP contribution in [0.1, 0.15) is 22.7 Å². The molecule has 0 saturated carbocycles. The van der Waals surface area contributed by atoms with Gasteiger partial charge in [-0.05, 0) is 47.9 Å². The van der Waals surface area contributed by atoms with Crippen molar-refractivity contribution < 1.29 is 13.9 Å². The Morgan fingerprint density at radius 1 is 1.00 bits per heavy atom. The van der Waals surface area contributed by atoms with E-state index in [1.165, 1.54) is 12.1 Å². The zero-order valence-corrected chi connectivity index (χ0v) is 11.8. The van der Waals surface area contributed by atoms with Crippen molar-refractivity contribution in [3.63, 3.8) is 0 Å². The van der Waals surface area contributed by atoms with E-state index in [1.54, 1.807) is 26.4 Å². The summed E-state index contributed by atoms with van der Waals surface area (Å²) in [7, 11) is 3.18. The number of hydrogen-bond acceptors (Lipinski definition) is 3. The van der Waals surface area contributed by atoms with E-state index in [9.17, 15) is 4.39 Å². The highest BCUT2D eigenvalue weighted by Crippen LogP contribution is 2.34. The van der Waals surface area contributed by atoms with Crippen molar-refractivity contribution in [1.82, 2.24) is 0 Å². The molecule has 2 N–H and O–H groups in total. The SMILES string of the molecule is COc1cc(C)c(C(N)c2ccc(F)cc2)cc1OC. The van der Waals surface area contributed by atoms with Gasteiger partial charge in [-0.25, -0.2) is 4.39 Å². The Kier molecular flexibility index (Phi) is 4.25. The Bertz CT molecular complexity index is 596. The lowest BCUT2D eigenvalue weighted by Gasteiger charge is -2.18. The van der Waals surface area contributed by atoms with E-state index in [0.29, 0.717) is 11.5 Å². The molecule has 0 radical (unpaired) electrons. The van der Waals surface area contributed by atoms with Crippen LogP contribution in [0.5, 0.6) is 11.5 Å². The summed E-state index contributed by atoms with van der Waals surface area (Å²) >= 11 is 0. The molecule has 2 rings (SSSR count). The minimum Gasteiger partial charge on any atom is -0.493 e. The predicted octanol–water partition coefficient (Wildman–Crippen LogP) is 3.20. The number of halogens is 1. The van der Waals surface area contributed by atoms with Gasteiger partial charge in [0.05, 0.1) is 20.3 Å². The fourth-order valence-corrected chi connectivity index (χ4v) is 2.18. The van der Waals surface area contributed by atoms with Crippen molar-refractivity contribution in [1.29, 1.82) is 0 Å². The molecule has 2 aromatic carbocycles. The molecule has 2 aromatic rings. The fraction of sp³-hybridized carbons (Fsp3) is 0.250. The zero-order valence-electron chi connectivity index (χ0n) is 11.8. The second kappa shape index (κ2) is 5.92. The molecule has 0 amide bonds. The maximum Gasteiger partial charge on any atom is 0.161 e. The van der Waals surface area contributed by atoms with Gasteiger partial charge in [0.2, 0.25) is 0 Å². The van der Waals surface area contributed by atoms with Crippen LogP contribution < -0.4 is 15.2 Å². The lowest BCUT2D eigenvalue weighted by atomic mass is 9.95. The van der Waals surface area contributed by atoms with Gasteiger partial charge in [-0.2, -0.15) is 0 Å². The van der Waals surface area contributed by atoms with Crippen molar-refractivity contribution in [3.05, 3.63) is 58.9 Å². The van der Waals surface area contributed by atoms with Gasteiger partial charge in [0.15, 0.2) is 11.5 Å². The molecule has 3 nitrogen and oxygen atoms in total. The fourth-order valence-electron chi connectivity index (χ4n) is 2.18. The smallest absolute Gasteiger partial charge is 0.161 e. The van der Waals surface area contributed by atoms with Gasteiger partial charge < -0.3 is 15.2 Å². The number of aryl methyl sites for hydroxylation is 1. The average Bonchev–Trinajstić information content (AvgIpc) is 2.47. The van der Waals surface area contributed by atoms with E-state index >= 15 is 0 Å². The minimum absolute atomic E-state index is 0.273. The van der Waals surface area contributed by atoms with Crippen LogP contribution in [0.25, 0.3) is 0 Å². The number of nitrogens with two attached hydrogens (primary N) is 1. The van der Waals surface area contributed by atoms with Crippen LogP contribution in [0.4, 0.5) is 4.39 Å². The first kappa shape index (κ1) is 14.3. The van der Waals surface area contributed by atoms with Crippen LogP contribution >= 0.6 is 0 Å². The van der Waals surface area contributed by atoms with Crippen LogP contribution in [0.3, 0.4) is 0 Å². The molecule has 1 atom stereocenters. The first-order valence-corrected chi connectivity index (χ1v) is 6.30. The topological polar surface area (TPSA) is 44.5 Å². The number of rotatable bonds is 4. The summed E-state index contributed by atoms with van der Waals surface area (Å²) in [5, 5.41) is 0. The van der Waals surface area contributed by atoms with Gasteiger partial charge in [-0.3, -0.25) is 0 Å². The molecule has 0 bridgehead atoms. The summed E-state index contributed by atoms with van der Waals surface area (Å²) in [5.74, 6) is 1.02. The van der Waals surface area contributed by atoms with E-state index in [-0.39, 0.29) is 11.9 Å². The first-order valence-electron chi connectivity index (χ1n) is 6.30. The third-order valence-corrected chi connectivity index (χ3v) is 3.34. The Morgan fingerprint density at radius 3 is 2.10 bits per heavy atom. The highest BCUT2D eigenvalue weighted by atomic mass is 19.1. The second-order valence-corrected chi connectivity index (χ2v) is 4.59. The first-order chi connectivity index (χ1) is 9.56. The lowest BCUT2D eigenvalue weighted by Crippen LogP contribution is -2.13. The summed E-state index contributed by atoms with van der Waals surface area (Å²) in [6.07, 6.45) is 0. The van der Waals surface area contributed by atoms with Gasteiger partial charge in [0.1, 0.15) is 5.82 Å². The third-order valence-electron chi connectivity index (χ3n) is 3.34. The van der Waals surface area contributed by atoms with Gasteiger partial charge in [0.25, 0.3) is 0 Å². The van der Waals surface area contributed by atoms with Crippen molar-refractivity contribution in [2.45, 2.75) is 13.0 Å². The van der Waals surface area contributed by atoms with Gasteiger partial charge >= 0.3 is 0 Å². The normalized spacial score (nSPS) is 12.1. The molecule has 1 unspecified atom stereocenters. The molecule has 0 saturated heterocycles. The van der Waals surface area contributed by atoms with E-state index in [4.69, 9.17) is 15.2 Å². The quantitative estimate of drug-likeness (QED) is 0.932. The largest absolute Gasteiger partial charge is 0.493 e. The predicted molar refractivity (Wildman–Crippen MR) is 76.7 cm³/mol. The Labute approximate surface area is 118 Å². The van der Waals surface area contributed by atoms with Crippen LogP contribution in [-0.4, -0.2) is 14.2 Å². The average molecular weight is 275 g/mol. The Hall–Kier alpha value is -2.07. The molecule has 0 aromatic heterocycles. The molecule has 0 heterocycles. The number of ether oxygens (including phenoxy) is 2. The maximum absolute atomic E-state index is 13.0. The number of methoxy groups -OCH3 is 2. The van der Waals surface area contributed by atoms with Crippen molar-refractivity contribution in [3.8, 4) is 11.5 Å². The van der Waals surface area contributed by atoms with Crippen molar-refractivity contribution in [2.24, 2.45) is 5.73 Å². The highest BCUT2D eigenvalue weighted by molar-refractivity contribution is 5.49. The van der Waals surface area contributed by atoms with E-state index < -0.39 is 0 Å². The molecular weight excluding hydrogens is 257 g/mol. The van der Waals surface area contributed by atoms with Crippen LogP contribution in [-0.2, 0) is 0 Å². The summed E-state index contributed by atoms with van der Waals surface area (Å²) in [5.41, 5.74) is 9.04.